The van der Waals surface area contributed by atoms with Gasteiger partial charge in [0.05, 0.1) is 8.49 Å². The SMILES string of the molecule is CCC1(C)CCN(c2ccc([N+](=O)[O-])c(I)c2)CC1. The molecule has 1 aromatic rings. The van der Waals surface area contributed by atoms with Gasteiger partial charge in [-0.2, -0.15) is 0 Å². The van der Waals surface area contributed by atoms with Crippen molar-refractivity contribution in [3.05, 3.63) is 31.9 Å². The second kappa shape index (κ2) is 5.64. The standard InChI is InChI=1S/C14H19IN2O2/c1-3-14(2)6-8-16(9-7-14)11-4-5-13(17(18)19)12(15)10-11/h4-5,10H,3,6-9H2,1-2H3. The Morgan fingerprint density at radius 1 is 1.42 bits per heavy atom. The number of benzene rings is 1. The van der Waals surface area contributed by atoms with Gasteiger partial charge in [-0.3, -0.25) is 10.1 Å². The first-order chi connectivity index (χ1) is 8.95. The lowest BCUT2D eigenvalue weighted by molar-refractivity contribution is -0.385. The molecule has 1 aliphatic rings. The summed E-state index contributed by atoms with van der Waals surface area (Å²) in [5.74, 6) is 0. The maximum absolute atomic E-state index is 10.8. The third-order valence-corrected chi connectivity index (χ3v) is 5.18. The molecule has 5 heteroatoms. The largest absolute Gasteiger partial charge is 0.371 e. The Balaban J connectivity index is 2.12. The summed E-state index contributed by atoms with van der Waals surface area (Å²) in [6.45, 7) is 6.69. The first-order valence-corrected chi connectivity index (χ1v) is 7.72. The van der Waals surface area contributed by atoms with Crippen LogP contribution >= 0.6 is 22.6 Å². The first kappa shape index (κ1) is 14.6. The maximum Gasteiger partial charge on any atom is 0.282 e. The minimum absolute atomic E-state index is 0.194. The van der Waals surface area contributed by atoms with Gasteiger partial charge in [0.25, 0.3) is 5.69 Å². The lowest BCUT2D eigenvalue weighted by atomic mass is 9.78. The fourth-order valence-electron chi connectivity index (χ4n) is 2.50. The van der Waals surface area contributed by atoms with E-state index in [1.54, 1.807) is 6.07 Å². The van der Waals surface area contributed by atoms with Crippen molar-refractivity contribution in [1.29, 1.82) is 0 Å². The van der Waals surface area contributed by atoms with Crippen molar-refractivity contribution in [3.63, 3.8) is 0 Å². The second-order valence-corrected chi connectivity index (χ2v) is 6.71. The number of anilines is 1. The molecule has 0 aliphatic carbocycles. The van der Waals surface area contributed by atoms with Crippen molar-refractivity contribution in [2.24, 2.45) is 5.41 Å². The summed E-state index contributed by atoms with van der Waals surface area (Å²) >= 11 is 2.04. The molecule has 0 saturated carbocycles. The van der Waals surface area contributed by atoms with E-state index in [0.29, 0.717) is 8.99 Å². The van der Waals surface area contributed by atoms with E-state index in [9.17, 15) is 10.1 Å². The van der Waals surface area contributed by atoms with Crippen molar-refractivity contribution >= 4 is 34.0 Å². The fourth-order valence-corrected chi connectivity index (χ4v) is 3.19. The predicted octanol–water partition coefficient (Wildman–Crippen LogP) is 4.22. The zero-order valence-corrected chi connectivity index (χ0v) is 13.5. The van der Waals surface area contributed by atoms with E-state index in [2.05, 4.69) is 18.7 Å². The number of nitro benzene ring substituents is 1. The van der Waals surface area contributed by atoms with Crippen LogP contribution in [0.1, 0.15) is 33.1 Å². The predicted molar refractivity (Wildman–Crippen MR) is 85.7 cm³/mol. The van der Waals surface area contributed by atoms with Crippen LogP contribution in [0.5, 0.6) is 0 Å². The summed E-state index contributed by atoms with van der Waals surface area (Å²) in [7, 11) is 0. The van der Waals surface area contributed by atoms with Crippen LogP contribution in [0.3, 0.4) is 0 Å². The first-order valence-electron chi connectivity index (χ1n) is 6.64. The average Bonchev–Trinajstić information content (AvgIpc) is 2.39. The van der Waals surface area contributed by atoms with Crippen LogP contribution in [0.25, 0.3) is 0 Å². The molecule has 2 rings (SSSR count). The zero-order chi connectivity index (χ0) is 14.0. The molecule has 0 atom stereocenters. The van der Waals surface area contributed by atoms with Gasteiger partial charge in [-0.05, 0) is 53.0 Å². The van der Waals surface area contributed by atoms with Gasteiger partial charge in [0.1, 0.15) is 0 Å². The highest BCUT2D eigenvalue weighted by atomic mass is 127. The molecule has 0 aromatic heterocycles. The van der Waals surface area contributed by atoms with Crippen molar-refractivity contribution < 1.29 is 4.92 Å². The van der Waals surface area contributed by atoms with E-state index >= 15 is 0 Å². The average molecular weight is 374 g/mol. The topological polar surface area (TPSA) is 46.4 Å². The minimum Gasteiger partial charge on any atom is -0.371 e. The molecule has 0 unspecified atom stereocenters. The highest BCUT2D eigenvalue weighted by Crippen LogP contribution is 2.36. The number of nitrogens with zero attached hydrogens (tertiary/aromatic N) is 2. The molecule has 0 N–H and O–H groups in total. The van der Waals surface area contributed by atoms with Gasteiger partial charge in [-0.15, -0.1) is 0 Å². The molecule has 0 radical (unpaired) electrons. The Bertz CT molecular complexity index is 482. The number of rotatable bonds is 3. The van der Waals surface area contributed by atoms with Crippen molar-refractivity contribution in [2.45, 2.75) is 33.1 Å². The third kappa shape index (κ3) is 3.19. The van der Waals surface area contributed by atoms with E-state index in [1.165, 1.54) is 19.3 Å². The molecule has 1 fully saturated rings. The molecule has 1 heterocycles. The molecular formula is C14H19IN2O2. The fraction of sp³-hybridized carbons (Fsp3) is 0.571. The summed E-state index contributed by atoms with van der Waals surface area (Å²) in [6.07, 6.45) is 3.60. The van der Waals surface area contributed by atoms with Gasteiger partial charge >= 0.3 is 0 Å². The normalized spacial score (nSPS) is 18.4. The van der Waals surface area contributed by atoms with Gasteiger partial charge < -0.3 is 4.90 Å². The molecule has 1 aromatic carbocycles. The Morgan fingerprint density at radius 2 is 2.05 bits per heavy atom. The van der Waals surface area contributed by atoms with Crippen molar-refractivity contribution in [3.8, 4) is 0 Å². The van der Waals surface area contributed by atoms with Crippen LogP contribution in [-0.4, -0.2) is 18.0 Å². The van der Waals surface area contributed by atoms with Gasteiger partial charge in [0.2, 0.25) is 0 Å². The number of hydrogen-bond donors (Lipinski definition) is 0. The number of piperidine rings is 1. The van der Waals surface area contributed by atoms with Crippen LogP contribution < -0.4 is 4.90 Å². The van der Waals surface area contributed by atoms with Gasteiger partial charge in [0, 0.05) is 24.8 Å². The number of halogens is 1. The van der Waals surface area contributed by atoms with Gasteiger partial charge in [-0.1, -0.05) is 20.3 Å². The monoisotopic (exact) mass is 374 g/mol. The van der Waals surface area contributed by atoms with Crippen LogP contribution in [-0.2, 0) is 0 Å². The zero-order valence-electron chi connectivity index (χ0n) is 11.4. The minimum atomic E-state index is -0.324. The van der Waals surface area contributed by atoms with Crippen LogP contribution in [0.4, 0.5) is 11.4 Å². The number of hydrogen-bond acceptors (Lipinski definition) is 3. The summed E-state index contributed by atoms with van der Waals surface area (Å²) < 4.78 is 0.712. The summed E-state index contributed by atoms with van der Waals surface area (Å²) in [5, 5.41) is 10.8. The molecule has 4 nitrogen and oxygen atoms in total. The molecule has 104 valence electrons. The summed E-state index contributed by atoms with van der Waals surface area (Å²) in [4.78, 5) is 12.8. The quantitative estimate of drug-likeness (QED) is 0.452. The molecule has 0 amide bonds. The molecule has 0 bridgehead atoms. The molecular weight excluding hydrogens is 355 g/mol. The van der Waals surface area contributed by atoms with Crippen LogP contribution in [0.15, 0.2) is 18.2 Å². The van der Waals surface area contributed by atoms with Gasteiger partial charge in [0.15, 0.2) is 0 Å². The second-order valence-electron chi connectivity index (χ2n) is 5.54. The van der Waals surface area contributed by atoms with E-state index < -0.39 is 0 Å². The molecule has 1 aliphatic heterocycles. The van der Waals surface area contributed by atoms with Crippen molar-refractivity contribution in [1.82, 2.24) is 0 Å². The molecule has 1 saturated heterocycles. The lowest BCUT2D eigenvalue weighted by Gasteiger charge is -2.40. The van der Waals surface area contributed by atoms with Crippen LogP contribution in [0.2, 0.25) is 0 Å². The summed E-state index contributed by atoms with van der Waals surface area (Å²) in [5.41, 5.74) is 1.76. The highest BCUT2D eigenvalue weighted by molar-refractivity contribution is 14.1. The van der Waals surface area contributed by atoms with Crippen molar-refractivity contribution in [2.75, 3.05) is 18.0 Å². The maximum atomic E-state index is 10.8. The van der Waals surface area contributed by atoms with Gasteiger partial charge in [-0.25, -0.2) is 0 Å². The highest BCUT2D eigenvalue weighted by Gasteiger charge is 2.28. The Morgan fingerprint density at radius 3 is 2.53 bits per heavy atom. The Kier molecular flexibility index (Phi) is 4.32. The molecule has 19 heavy (non-hydrogen) atoms. The summed E-state index contributed by atoms with van der Waals surface area (Å²) in [6, 6.07) is 5.41. The Labute approximate surface area is 127 Å². The third-order valence-electron chi connectivity index (χ3n) is 4.32. The van der Waals surface area contributed by atoms with E-state index in [1.807, 2.05) is 34.7 Å². The smallest absolute Gasteiger partial charge is 0.282 e. The van der Waals surface area contributed by atoms with E-state index in [4.69, 9.17) is 0 Å². The lowest BCUT2D eigenvalue weighted by Crippen LogP contribution is -2.38. The van der Waals surface area contributed by atoms with E-state index in [0.717, 1.165) is 18.8 Å². The molecule has 0 spiro atoms. The Hall–Kier alpha value is -0.850. The van der Waals surface area contributed by atoms with Crippen LogP contribution in [0, 0.1) is 19.1 Å². The number of nitro groups is 1. The van der Waals surface area contributed by atoms with E-state index in [-0.39, 0.29) is 10.6 Å².